The van der Waals surface area contributed by atoms with Crippen LogP contribution in [0.15, 0.2) is 77.7 Å². The minimum absolute atomic E-state index is 0.0416. The second-order valence-electron chi connectivity index (χ2n) is 8.32. The summed E-state index contributed by atoms with van der Waals surface area (Å²) in [7, 11) is -2.35. The third-order valence-electron chi connectivity index (χ3n) is 5.83. The number of carbonyl (C=O) groups is 1. The first-order valence-corrected chi connectivity index (χ1v) is 13.3. The van der Waals surface area contributed by atoms with E-state index in [-0.39, 0.29) is 36.2 Å². The molecule has 0 atom stereocenters. The van der Waals surface area contributed by atoms with Crippen molar-refractivity contribution in [2.24, 2.45) is 0 Å². The highest BCUT2D eigenvalue weighted by Crippen LogP contribution is 2.30. The van der Waals surface area contributed by atoms with Crippen LogP contribution in [0.4, 0.5) is 5.69 Å². The Labute approximate surface area is 216 Å². The van der Waals surface area contributed by atoms with Crippen molar-refractivity contribution in [2.75, 3.05) is 45.2 Å². The SMILES string of the molecule is COc1ccc(Cl)cc1S(=O)(=O)N1CCN(CC(=O)Nc2ccc(OCc3ccccc3)cc2)CC1. The Bertz CT molecular complexity index is 1280. The van der Waals surface area contributed by atoms with Crippen molar-refractivity contribution in [2.45, 2.75) is 11.5 Å². The summed E-state index contributed by atoms with van der Waals surface area (Å²) in [5.74, 6) is 0.795. The highest BCUT2D eigenvalue weighted by molar-refractivity contribution is 7.89. The first kappa shape index (κ1) is 26.0. The van der Waals surface area contributed by atoms with E-state index in [2.05, 4.69) is 5.32 Å². The average molecular weight is 530 g/mol. The van der Waals surface area contributed by atoms with Crippen LogP contribution in [0.1, 0.15) is 5.56 Å². The summed E-state index contributed by atoms with van der Waals surface area (Å²) in [6.07, 6.45) is 0. The van der Waals surface area contributed by atoms with Crippen LogP contribution in [0.5, 0.6) is 11.5 Å². The molecule has 190 valence electrons. The Kier molecular flexibility index (Phi) is 8.48. The molecule has 0 radical (unpaired) electrons. The van der Waals surface area contributed by atoms with Gasteiger partial charge in [-0.2, -0.15) is 4.31 Å². The van der Waals surface area contributed by atoms with Gasteiger partial charge in [0.25, 0.3) is 0 Å². The van der Waals surface area contributed by atoms with Gasteiger partial charge in [0.05, 0.1) is 13.7 Å². The highest BCUT2D eigenvalue weighted by atomic mass is 35.5. The van der Waals surface area contributed by atoms with Crippen LogP contribution in [0, 0.1) is 0 Å². The predicted molar refractivity (Wildman–Crippen MR) is 139 cm³/mol. The summed E-state index contributed by atoms with van der Waals surface area (Å²) >= 11 is 6.02. The number of carbonyl (C=O) groups excluding carboxylic acids is 1. The van der Waals surface area contributed by atoms with Gasteiger partial charge in [-0.15, -0.1) is 0 Å². The molecule has 10 heteroatoms. The van der Waals surface area contributed by atoms with Crippen molar-refractivity contribution in [3.05, 3.63) is 83.4 Å². The number of piperazine rings is 1. The van der Waals surface area contributed by atoms with Gasteiger partial charge in [0.2, 0.25) is 15.9 Å². The van der Waals surface area contributed by atoms with Crippen molar-refractivity contribution < 1.29 is 22.7 Å². The lowest BCUT2D eigenvalue weighted by Crippen LogP contribution is -2.50. The maximum absolute atomic E-state index is 13.1. The number of benzene rings is 3. The number of nitrogens with zero attached hydrogens (tertiary/aromatic N) is 2. The van der Waals surface area contributed by atoms with Crippen LogP contribution in [-0.2, 0) is 21.4 Å². The van der Waals surface area contributed by atoms with Crippen LogP contribution in [0.25, 0.3) is 0 Å². The van der Waals surface area contributed by atoms with Crippen molar-refractivity contribution >= 4 is 33.2 Å². The van der Waals surface area contributed by atoms with Crippen molar-refractivity contribution in [1.82, 2.24) is 9.21 Å². The summed E-state index contributed by atoms with van der Waals surface area (Å²) in [5.41, 5.74) is 1.75. The van der Waals surface area contributed by atoms with Crippen molar-refractivity contribution in [1.29, 1.82) is 0 Å². The number of anilines is 1. The van der Waals surface area contributed by atoms with E-state index < -0.39 is 10.0 Å². The van der Waals surface area contributed by atoms with Gasteiger partial charge in [0.1, 0.15) is 23.0 Å². The summed E-state index contributed by atoms with van der Waals surface area (Å²) in [5, 5.41) is 3.20. The molecular weight excluding hydrogens is 502 g/mol. The van der Waals surface area contributed by atoms with Crippen LogP contribution in [0.2, 0.25) is 5.02 Å². The summed E-state index contributed by atoms with van der Waals surface area (Å²) in [4.78, 5) is 14.5. The Morgan fingerprint density at radius 3 is 2.33 bits per heavy atom. The number of methoxy groups -OCH3 is 1. The molecule has 1 heterocycles. The number of amides is 1. The monoisotopic (exact) mass is 529 g/mol. The van der Waals surface area contributed by atoms with Gasteiger partial charge in [0, 0.05) is 36.9 Å². The average Bonchev–Trinajstić information content (AvgIpc) is 2.89. The van der Waals surface area contributed by atoms with Crippen molar-refractivity contribution in [3.63, 3.8) is 0 Å². The van der Waals surface area contributed by atoms with Gasteiger partial charge in [-0.25, -0.2) is 8.42 Å². The Morgan fingerprint density at radius 2 is 1.67 bits per heavy atom. The quantitative estimate of drug-likeness (QED) is 0.453. The minimum atomic E-state index is -3.77. The molecule has 1 saturated heterocycles. The topological polar surface area (TPSA) is 88.2 Å². The molecule has 0 aliphatic carbocycles. The molecule has 3 aromatic rings. The predicted octanol–water partition coefficient (Wildman–Crippen LogP) is 3.87. The number of hydrogen-bond acceptors (Lipinski definition) is 6. The zero-order valence-electron chi connectivity index (χ0n) is 19.9. The standard InChI is InChI=1S/C26H28ClN3O5S/c1-34-24-12-7-21(27)17-25(24)36(32,33)30-15-13-29(14-16-30)18-26(31)28-22-8-10-23(11-9-22)35-19-20-5-3-2-4-6-20/h2-12,17H,13-16,18-19H2,1H3,(H,28,31). The number of hydrogen-bond donors (Lipinski definition) is 1. The number of ether oxygens (including phenoxy) is 2. The zero-order chi connectivity index (χ0) is 25.5. The molecule has 1 amide bonds. The van der Waals surface area contributed by atoms with Gasteiger partial charge >= 0.3 is 0 Å². The van der Waals surface area contributed by atoms with E-state index in [9.17, 15) is 13.2 Å². The third kappa shape index (κ3) is 6.55. The third-order valence-corrected chi connectivity index (χ3v) is 7.98. The molecule has 4 rings (SSSR count). The van der Waals surface area contributed by atoms with E-state index in [4.69, 9.17) is 21.1 Å². The maximum atomic E-state index is 13.1. The summed E-state index contributed by atoms with van der Waals surface area (Å²) in [6.45, 7) is 2.03. The van der Waals surface area contributed by atoms with Gasteiger partial charge in [-0.3, -0.25) is 9.69 Å². The molecule has 1 aliphatic rings. The Balaban J connectivity index is 1.26. The highest BCUT2D eigenvalue weighted by Gasteiger charge is 2.31. The van der Waals surface area contributed by atoms with E-state index in [1.54, 1.807) is 18.2 Å². The van der Waals surface area contributed by atoms with Crippen molar-refractivity contribution in [3.8, 4) is 11.5 Å². The number of halogens is 1. The molecule has 0 bridgehead atoms. The fourth-order valence-electron chi connectivity index (χ4n) is 3.90. The molecule has 8 nitrogen and oxygen atoms in total. The zero-order valence-corrected chi connectivity index (χ0v) is 21.5. The lowest BCUT2D eigenvalue weighted by atomic mass is 10.2. The molecule has 1 aliphatic heterocycles. The van der Waals surface area contributed by atoms with Gasteiger partial charge < -0.3 is 14.8 Å². The van der Waals surface area contributed by atoms with Crippen LogP contribution in [0.3, 0.4) is 0 Å². The van der Waals surface area contributed by atoms with E-state index in [1.165, 1.54) is 23.5 Å². The summed E-state index contributed by atoms with van der Waals surface area (Å²) < 4.78 is 38.6. The van der Waals surface area contributed by atoms with E-state index in [0.717, 1.165) is 5.56 Å². The van der Waals surface area contributed by atoms with Crippen LogP contribution >= 0.6 is 11.6 Å². The molecule has 0 unspecified atom stereocenters. The molecule has 1 N–H and O–H groups in total. The first-order chi connectivity index (χ1) is 17.3. The molecule has 36 heavy (non-hydrogen) atoms. The molecule has 1 fully saturated rings. The second-order valence-corrected chi connectivity index (χ2v) is 10.7. The van der Waals surface area contributed by atoms with Gasteiger partial charge in [-0.1, -0.05) is 41.9 Å². The molecule has 0 aromatic heterocycles. The first-order valence-electron chi connectivity index (χ1n) is 11.5. The van der Waals surface area contributed by atoms with Gasteiger partial charge in [-0.05, 0) is 48.0 Å². The molecule has 0 spiro atoms. The van der Waals surface area contributed by atoms with Gasteiger partial charge in [0.15, 0.2) is 0 Å². The number of nitrogens with one attached hydrogen (secondary N) is 1. The van der Waals surface area contributed by atoms with Crippen LogP contribution < -0.4 is 14.8 Å². The minimum Gasteiger partial charge on any atom is -0.495 e. The fraction of sp³-hybridized carbons (Fsp3) is 0.269. The largest absolute Gasteiger partial charge is 0.495 e. The molecule has 3 aromatic carbocycles. The lowest BCUT2D eigenvalue weighted by Gasteiger charge is -2.33. The van der Waals surface area contributed by atoms with E-state index >= 15 is 0 Å². The second kappa shape index (κ2) is 11.7. The fourth-order valence-corrected chi connectivity index (χ4v) is 5.74. The van der Waals surface area contributed by atoms with Crippen LogP contribution in [-0.4, -0.2) is 63.4 Å². The normalized spacial score (nSPS) is 14.8. The number of sulfonamides is 1. The van der Waals surface area contributed by atoms with E-state index in [0.29, 0.717) is 36.2 Å². The molecule has 0 saturated carbocycles. The summed E-state index contributed by atoms with van der Waals surface area (Å²) in [6, 6.07) is 21.6. The number of rotatable bonds is 9. The smallest absolute Gasteiger partial charge is 0.246 e. The maximum Gasteiger partial charge on any atom is 0.246 e. The Hall–Kier alpha value is -3.11. The Morgan fingerprint density at radius 1 is 0.972 bits per heavy atom. The molecular formula is C26H28ClN3O5S. The van der Waals surface area contributed by atoms with E-state index in [1.807, 2.05) is 47.4 Å². The lowest BCUT2D eigenvalue weighted by molar-refractivity contribution is -0.117.